The van der Waals surface area contributed by atoms with Gasteiger partial charge in [0.05, 0.1) is 25.2 Å². The summed E-state index contributed by atoms with van der Waals surface area (Å²) in [7, 11) is 0.00337. The lowest BCUT2D eigenvalue weighted by Gasteiger charge is -2.38. The molecule has 2 aliphatic rings. The first-order chi connectivity index (χ1) is 14.2. The molecule has 0 saturated carbocycles. The normalized spacial score (nSPS) is 23.1. The number of rotatable bonds is 6. The van der Waals surface area contributed by atoms with Gasteiger partial charge in [0.25, 0.3) is 0 Å². The van der Waals surface area contributed by atoms with Gasteiger partial charge in [-0.1, -0.05) is 29.8 Å². The van der Waals surface area contributed by atoms with E-state index < -0.39 is 15.9 Å². The van der Waals surface area contributed by atoms with Crippen LogP contribution in [0.25, 0.3) is 0 Å². The number of hydrogen-bond donors (Lipinski definition) is 0. The van der Waals surface area contributed by atoms with Crippen molar-refractivity contribution in [2.24, 2.45) is 0 Å². The number of nitrogens with zero attached hydrogens (tertiary/aromatic N) is 3. The topological polar surface area (TPSA) is 87.2 Å². The van der Waals surface area contributed by atoms with E-state index in [0.29, 0.717) is 43.2 Å². The van der Waals surface area contributed by atoms with Crippen molar-refractivity contribution in [3.8, 4) is 0 Å². The molecule has 3 rings (SSSR count). The fraction of sp³-hybridized carbons (Fsp3) is 0.600. The number of ether oxygens (including phenoxy) is 1. The van der Waals surface area contributed by atoms with Crippen molar-refractivity contribution in [1.82, 2.24) is 14.7 Å². The molecule has 0 bridgehead atoms. The van der Waals surface area contributed by atoms with Gasteiger partial charge in [0.15, 0.2) is 9.84 Å². The van der Waals surface area contributed by atoms with Gasteiger partial charge in [-0.3, -0.25) is 14.6 Å². The van der Waals surface area contributed by atoms with Gasteiger partial charge in [-0.2, -0.15) is 0 Å². The van der Waals surface area contributed by atoms with E-state index in [-0.39, 0.29) is 36.0 Å². The van der Waals surface area contributed by atoms with Gasteiger partial charge in [0, 0.05) is 44.3 Å². The predicted octanol–water partition coefficient (Wildman–Crippen LogP) is 0.817. The molecule has 2 atom stereocenters. The van der Waals surface area contributed by atoms with Crippen LogP contribution in [0, 0.1) is 0 Å². The highest BCUT2D eigenvalue weighted by atomic mass is 35.5. The van der Waals surface area contributed by atoms with Crippen molar-refractivity contribution in [1.29, 1.82) is 0 Å². The second kappa shape index (κ2) is 9.64. The summed E-state index contributed by atoms with van der Waals surface area (Å²) in [5, 5.41) is 0.513. The average molecular weight is 458 g/mol. The Morgan fingerprint density at radius 3 is 2.47 bits per heavy atom. The maximum atomic E-state index is 12.6. The minimum Gasteiger partial charge on any atom is -0.468 e. The Hall–Kier alpha value is -1.68. The number of likely N-dealkylation sites (N-methyl/N-ethyl adjacent to an activating group) is 1. The Kier molecular flexibility index (Phi) is 7.38. The van der Waals surface area contributed by atoms with Crippen LogP contribution in [0.15, 0.2) is 24.3 Å². The molecule has 166 valence electrons. The van der Waals surface area contributed by atoms with Crippen LogP contribution < -0.4 is 0 Å². The van der Waals surface area contributed by atoms with Crippen molar-refractivity contribution in [3.63, 3.8) is 0 Å². The summed E-state index contributed by atoms with van der Waals surface area (Å²) in [4.78, 5) is 30.7. The lowest BCUT2D eigenvalue weighted by Crippen LogP contribution is -2.52. The van der Waals surface area contributed by atoms with E-state index in [1.54, 1.807) is 18.0 Å². The highest BCUT2D eigenvalue weighted by Crippen LogP contribution is 2.29. The number of esters is 1. The number of amides is 1. The van der Waals surface area contributed by atoms with Crippen LogP contribution in [0.4, 0.5) is 0 Å². The van der Waals surface area contributed by atoms with Crippen molar-refractivity contribution >= 4 is 33.3 Å². The molecule has 2 aliphatic heterocycles. The first-order valence-corrected chi connectivity index (χ1v) is 12.2. The molecular formula is C20H28ClN3O5S. The SMILES string of the molecule is COC(=O)[C@H](c1ccccc1Cl)N1CCN(CC(=O)N(C)[C@@H]2CCS(=O)(=O)C2)CC1. The van der Waals surface area contributed by atoms with E-state index in [1.807, 2.05) is 28.0 Å². The first kappa shape index (κ1) is 23.0. The van der Waals surface area contributed by atoms with Crippen molar-refractivity contribution in [3.05, 3.63) is 34.9 Å². The summed E-state index contributed by atoms with van der Waals surface area (Å²) < 4.78 is 28.4. The van der Waals surface area contributed by atoms with E-state index in [2.05, 4.69) is 0 Å². The van der Waals surface area contributed by atoms with Crippen LogP contribution in [0.5, 0.6) is 0 Å². The smallest absolute Gasteiger partial charge is 0.327 e. The third-order valence-corrected chi connectivity index (χ3v) is 8.00. The molecular weight excluding hydrogens is 430 g/mol. The number of sulfone groups is 1. The molecule has 1 aromatic carbocycles. The molecule has 2 saturated heterocycles. The molecule has 0 aliphatic carbocycles. The zero-order chi connectivity index (χ0) is 21.9. The summed E-state index contributed by atoms with van der Waals surface area (Å²) in [5.74, 6) is -0.261. The molecule has 1 amide bonds. The van der Waals surface area contributed by atoms with Crippen LogP contribution in [0.2, 0.25) is 5.02 Å². The second-order valence-electron chi connectivity index (χ2n) is 7.82. The number of hydrogen-bond acceptors (Lipinski definition) is 7. The Morgan fingerprint density at radius 1 is 1.23 bits per heavy atom. The highest BCUT2D eigenvalue weighted by molar-refractivity contribution is 7.91. The largest absolute Gasteiger partial charge is 0.468 e. The van der Waals surface area contributed by atoms with Gasteiger partial charge in [-0.25, -0.2) is 13.2 Å². The predicted molar refractivity (Wildman–Crippen MR) is 114 cm³/mol. The van der Waals surface area contributed by atoms with Crippen LogP contribution in [-0.4, -0.2) is 99.4 Å². The lowest BCUT2D eigenvalue weighted by molar-refractivity contribution is -0.148. The lowest BCUT2D eigenvalue weighted by atomic mass is 10.0. The molecule has 2 fully saturated rings. The Bertz CT molecular complexity index is 886. The number of carbonyl (C=O) groups is 2. The maximum absolute atomic E-state index is 12.6. The summed E-state index contributed by atoms with van der Waals surface area (Å²) in [6, 6.07) is 6.40. The number of methoxy groups -OCH3 is 1. The van der Waals surface area contributed by atoms with Gasteiger partial charge in [0.1, 0.15) is 6.04 Å². The Balaban J connectivity index is 1.58. The zero-order valence-electron chi connectivity index (χ0n) is 17.3. The molecule has 2 heterocycles. The maximum Gasteiger partial charge on any atom is 0.327 e. The van der Waals surface area contributed by atoms with Crippen molar-refractivity contribution in [2.75, 3.05) is 58.4 Å². The minimum atomic E-state index is -3.03. The van der Waals surface area contributed by atoms with Crippen LogP contribution >= 0.6 is 11.6 Å². The van der Waals surface area contributed by atoms with Gasteiger partial charge in [0.2, 0.25) is 5.91 Å². The van der Waals surface area contributed by atoms with E-state index in [4.69, 9.17) is 16.3 Å². The zero-order valence-corrected chi connectivity index (χ0v) is 18.9. The minimum absolute atomic E-state index is 0.0433. The van der Waals surface area contributed by atoms with Gasteiger partial charge < -0.3 is 9.64 Å². The van der Waals surface area contributed by atoms with Gasteiger partial charge in [-0.15, -0.1) is 0 Å². The summed E-state index contributed by atoms with van der Waals surface area (Å²) in [6.45, 7) is 2.62. The van der Waals surface area contributed by atoms with E-state index in [0.717, 1.165) is 0 Å². The number of benzene rings is 1. The molecule has 0 unspecified atom stereocenters. The summed E-state index contributed by atoms with van der Waals surface area (Å²) in [5.41, 5.74) is 0.706. The average Bonchev–Trinajstić information content (AvgIpc) is 3.09. The Labute approximate surface area is 182 Å². The summed E-state index contributed by atoms with van der Waals surface area (Å²) in [6.07, 6.45) is 0.497. The summed E-state index contributed by atoms with van der Waals surface area (Å²) >= 11 is 6.32. The van der Waals surface area contributed by atoms with Crippen LogP contribution in [0.1, 0.15) is 18.0 Å². The van der Waals surface area contributed by atoms with E-state index >= 15 is 0 Å². The van der Waals surface area contributed by atoms with Gasteiger partial charge >= 0.3 is 5.97 Å². The molecule has 8 nitrogen and oxygen atoms in total. The monoisotopic (exact) mass is 457 g/mol. The fourth-order valence-electron chi connectivity index (χ4n) is 4.05. The molecule has 30 heavy (non-hydrogen) atoms. The number of carbonyl (C=O) groups excluding carboxylic acids is 2. The van der Waals surface area contributed by atoms with E-state index in [1.165, 1.54) is 7.11 Å². The molecule has 10 heteroatoms. The number of halogens is 1. The quantitative estimate of drug-likeness (QED) is 0.584. The molecule has 1 aromatic rings. The molecule has 0 spiro atoms. The molecule has 0 radical (unpaired) electrons. The molecule has 0 N–H and O–H groups in total. The van der Waals surface area contributed by atoms with E-state index in [9.17, 15) is 18.0 Å². The Morgan fingerprint density at radius 2 is 1.90 bits per heavy atom. The van der Waals surface area contributed by atoms with Gasteiger partial charge in [-0.05, 0) is 18.1 Å². The third kappa shape index (κ3) is 5.32. The van der Waals surface area contributed by atoms with Crippen molar-refractivity contribution < 1.29 is 22.7 Å². The number of piperazine rings is 1. The molecule has 0 aromatic heterocycles. The second-order valence-corrected chi connectivity index (χ2v) is 10.5. The first-order valence-electron chi connectivity index (χ1n) is 9.96. The van der Waals surface area contributed by atoms with Crippen molar-refractivity contribution in [2.45, 2.75) is 18.5 Å². The standard InChI is InChI=1S/C20H28ClN3O5S/c1-22(15-7-12-30(27,28)14-15)18(25)13-23-8-10-24(11-9-23)19(20(26)29-2)16-5-3-4-6-17(16)21/h3-6,15,19H,7-14H2,1-2H3/t15-,19+/m1/s1. The highest BCUT2D eigenvalue weighted by Gasteiger charge is 2.35. The fourth-order valence-corrected chi connectivity index (χ4v) is 6.06. The third-order valence-electron chi connectivity index (χ3n) is 5.90. The van der Waals surface area contributed by atoms with Crippen LogP contribution in [-0.2, 0) is 24.2 Å². The van der Waals surface area contributed by atoms with Crippen LogP contribution in [0.3, 0.4) is 0 Å².